The van der Waals surface area contributed by atoms with E-state index in [1.807, 2.05) is 92.7 Å². The average molecular weight is 531 g/mol. The third-order valence-electron chi connectivity index (χ3n) is 6.84. The summed E-state index contributed by atoms with van der Waals surface area (Å²) in [4.78, 5) is 29.0. The fourth-order valence-electron chi connectivity index (χ4n) is 4.24. The van der Waals surface area contributed by atoms with Crippen molar-refractivity contribution in [2.24, 2.45) is 0 Å². The Hall–Kier alpha value is -3.80. The molecule has 6 nitrogen and oxygen atoms in total. The van der Waals surface area contributed by atoms with Gasteiger partial charge in [0, 0.05) is 19.0 Å². The molecule has 0 saturated heterocycles. The molecule has 0 unspecified atom stereocenters. The van der Waals surface area contributed by atoms with Crippen LogP contribution in [0.2, 0.25) is 0 Å². The molecule has 0 aliphatic heterocycles. The normalized spacial score (nSPS) is 12.8. The summed E-state index contributed by atoms with van der Waals surface area (Å²) in [5, 5.41) is 3.09. The molecule has 39 heavy (non-hydrogen) atoms. The largest absolute Gasteiger partial charge is 0.497 e. The van der Waals surface area contributed by atoms with E-state index in [1.54, 1.807) is 12.0 Å². The quantitative estimate of drug-likeness (QED) is 0.315. The van der Waals surface area contributed by atoms with Gasteiger partial charge in [0.15, 0.2) is 6.61 Å². The molecule has 6 heteroatoms. The zero-order valence-electron chi connectivity index (χ0n) is 24.1. The second-order valence-corrected chi connectivity index (χ2v) is 11.0. The van der Waals surface area contributed by atoms with Gasteiger partial charge in [-0.1, -0.05) is 82.3 Å². The van der Waals surface area contributed by atoms with Gasteiger partial charge in [-0.2, -0.15) is 0 Å². The Morgan fingerprint density at radius 1 is 0.897 bits per heavy atom. The molecule has 3 aromatic carbocycles. The van der Waals surface area contributed by atoms with Gasteiger partial charge in [0.1, 0.15) is 17.5 Å². The van der Waals surface area contributed by atoms with Gasteiger partial charge in [0.2, 0.25) is 5.91 Å². The van der Waals surface area contributed by atoms with Crippen LogP contribution >= 0.6 is 0 Å². The highest BCUT2D eigenvalue weighted by molar-refractivity contribution is 5.88. The summed E-state index contributed by atoms with van der Waals surface area (Å²) in [7, 11) is 1.61. The van der Waals surface area contributed by atoms with Crippen LogP contribution in [-0.2, 0) is 28.0 Å². The lowest BCUT2D eigenvalue weighted by atomic mass is 9.87. The molecule has 0 bridgehead atoms. The zero-order valence-corrected chi connectivity index (χ0v) is 24.1. The minimum atomic E-state index is -0.716. The van der Waals surface area contributed by atoms with Crippen LogP contribution in [0.1, 0.15) is 57.7 Å². The summed E-state index contributed by atoms with van der Waals surface area (Å²) in [5.74, 6) is 0.858. The maximum Gasteiger partial charge on any atom is 0.261 e. The zero-order chi connectivity index (χ0) is 28.4. The van der Waals surface area contributed by atoms with Crippen LogP contribution in [0.15, 0.2) is 78.9 Å². The number of carbonyl (C=O) groups excluding carboxylic acids is 2. The number of carbonyl (C=O) groups is 2. The lowest BCUT2D eigenvalue weighted by Crippen LogP contribution is -2.53. The van der Waals surface area contributed by atoms with Crippen LogP contribution in [0.5, 0.6) is 11.5 Å². The molecule has 0 aliphatic carbocycles. The number of methoxy groups -OCH3 is 1. The van der Waals surface area contributed by atoms with Crippen LogP contribution in [0, 0.1) is 0 Å². The van der Waals surface area contributed by atoms with Crippen LogP contribution in [0.4, 0.5) is 0 Å². The van der Waals surface area contributed by atoms with E-state index in [4.69, 9.17) is 9.47 Å². The highest BCUT2D eigenvalue weighted by atomic mass is 16.5. The highest BCUT2D eigenvalue weighted by Gasteiger charge is 2.31. The molecule has 1 N–H and O–H groups in total. The number of hydrogen-bond donors (Lipinski definition) is 1. The molecule has 2 atom stereocenters. The minimum absolute atomic E-state index is 0.0119. The average Bonchev–Trinajstić information content (AvgIpc) is 2.93. The maximum absolute atomic E-state index is 13.8. The molecular formula is C33H42N2O4. The van der Waals surface area contributed by atoms with Crippen LogP contribution in [0.25, 0.3) is 0 Å². The van der Waals surface area contributed by atoms with Gasteiger partial charge in [-0.3, -0.25) is 9.59 Å². The summed E-state index contributed by atoms with van der Waals surface area (Å²) in [5.41, 5.74) is 3.05. The first-order chi connectivity index (χ1) is 18.6. The van der Waals surface area contributed by atoms with Crippen molar-refractivity contribution in [2.45, 2.75) is 71.5 Å². The number of ether oxygens (including phenoxy) is 2. The number of nitrogens with one attached hydrogen (secondary N) is 1. The second-order valence-electron chi connectivity index (χ2n) is 11.0. The van der Waals surface area contributed by atoms with Crippen LogP contribution in [-0.4, -0.2) is 42.5 Å². The van der Waals surface area contributed by atoms with E-state index in [0.29, 0.717) is 17.9 Å². The highest BCUT2D eigenvalue weighted by Crippen LogP contribution is 2.25. The van der Waals surface area contributed by atoms with Crippen LogP contribution < -0.4 is 14.8 Å². The molecule has 0 fully saturated rings. The molecule has 2 amide bonds. The summed E-state index contributed by atoms with van der Waals surface area (Å²) in [6.07, 6.45) is 1.18. The van der Waals surface area contributed by atoms with Gasteiger partial charge in [-0.05, 0) is 59.7 Å². The van der Waals surface area contributed by atoms with Crippen molar-refractivity contribution >= 4 is 11.8 Å². The smallest absolute Gasteiger partial charge is 0.261 e. The molecule has 208 valence electrons. The molecule has 3 rings (SSSR count). The van der Waals surface area contributed by atoms with Crippen molar-refractivity contribution in [1.82, 2.24) is 10.2 Å². The minimum Gasteiger partial charge on any atom is -0.497 e. The molecule has 0 radical (unpaired) electrons. The van der Waals surface area contributed by atoms with Gasteiger partial charge in [-0.25, -0.2) is 0 Å². The Morgan fingerprint density at radius 2 is 1.56 bits per heavy atom. The Balaban J connectivity index is 1.90. The van der Waals surface area contributed by atoms with Gasteiger partial charge in [-0.15, -0.1) is 0 Å². The van der Waals surface area contributed by atoms with E-state index in [-0.39, 0.29) is 36.4 Å². The molecule has 0 aliphatic rings. The molecular weight excluding hydrogens is 488 g/mol. The van der Waals surface area contributed by atoms with Crippen molar-refractivity contribution in [1.29, 1.82) is 0 Å². The van der Waals surface area contributed by atoms with E-state index in [0.717, 1.165) is 17.5 Å². The molecule has 0 saturated carbocycles. The lowest BCUT2D eigenvalue weighted by molar-refractivity contribution is -0.143. The Morgan fingerprint density at radius 3 is 2.18 bits per heavy atom. The number of hydrogen-bond acceptors (Lipinski definition) is 4. The Kier molecular flexibility index (Phi) is 10.6. The van der Waals surface area contributed by atoms with Gasteiger partial charge in [0.05, 0.1) is 7.11 Å². The lowest BCUT2D eigenvalue weighted by Gasteiger charge is -2.32. The van der Waals surface area contributed by atoms with E-state index in [2.05, 4.69) is 26.1 Å². The SMILES string of the molecule is CC[C@H](C)NC(=O)[C@@H](Cc1ccccc1)N(Cc1cccc(OC)c1)C(=O)COc1ccc(C(C)(C)C)cc1. The van der Waals surface area contributed by atoms with Gasteiger partial charge < -0.3 is 19.7 Å². The first kappa shape index (κ1) is 29.8. The fourth-order valence-corrected chi connectivity index (χ4v) is 4.24. The second kappa shape index (κ2) is 13.8. The standard InChI is InChI=1S/C33H42N2O4/c1-7-24(2)34-32(37)30(21-25-12-9-8-10-13-25)35(22-26-14-11-15-29(20-26)38-6)31(36)23-39-28-18-16-27(17-19-28)33(3,4)5/h8-20,24,30H,7,21-23H2,1-6H3,(H,34,37)/t24-,30+/m0/s1. The Bertz CT molecular complexity index is 1200. The maximum atomic E-state index is 13.8. The molecule has 3 aromatic rings. The summed E-state index contributed by atoms with van der Waals surface area (Å²) < 4.78 is 11.3. The van der Waals surface area contributed by atoms with E-state index in [1.165, 1.54) is 5.56 Å². The van der Waals surface area contributed by atoms with Crippen molar-refractivity contribution < 1.29 is 19.1 Å². The van der Waals surface area contributed by atoms with E-state index < -0.39 is 6.04 Å². The fraction of sp³-hybridized carbons (Fsp3) is 0.394. The van der Waals surface area contributed by atoms with Gasteiger partial charge >= 0.3 is 0 Å². The third kappa shape index (κ3) is 8.88. The Labute approximate surface area is 233 Å². The molecule has 0 spiro atoms. The molecule has 0 aromatic heterocycles. The predicted molar refractivity (Wildman–Crippen MR) is 156 cm³/mol. The number of nitrogens with zero attached hydrogens (tertiary/aromatic N) is 1. The number of benzene rings is 3. The topological polar surface area (TPSA) is 67.9 Å². The monoisotopic (exact) mass is 530 g/mol. The van der Waals surface area contributed by atoms with Crippen molar-refractivity contribution in [3.63, 3.8) is 0 Å². The number of rotatable bonds is 12. The summed E-state index contributed by atoms with van der Waals surface area (Å²) in [6.45, 7) is 10.5. The van der Waals surface area contributed by atoms with E-state index >= 15 is 0 Å². The first-order valence-electron chi connectivity index (χ1n) is 13.6. The first-order valence-corrected chi connectivity index (χ1v) is 13.6. The molecule has 0 heterocycles. The van der Waals surface area contributed by atoms with Crippen molar-refractivity contribution in [2.75, 3.05) is 13.7 Å². The van der Waals surface area contributed by atoms with Crippen molar-refractivity contribution in [3.05, 3.63) is 95.6 Å². The van der Waals surface area contributed by atoms with E-state index in [9.17, 15) is 9.59 Å². The van der Waals surface area contributed by atoms with Crippen molar-refractivity contribution in [3.8, 4) is 11.5 Å². The summed E-state index contributed by atoms with van der Waals surface area (Å²) >= 11 is 0. The third-order valence-corrected chi connectivity index (χ3v) is 6.84. The van der Waals surface area contributed by atoms with Crippen LogP contribution in [0.3, 0.4) is 0 Å². The van der Waals surface area contributed by atoms with Gasteiger partial charge in [0.25, 0.3) is 5.91 Å². The number of amides is 2. The summed E-state index contributed by atoms with van der Waals surface area (Å²) in [6, 6.07) is 24.4. The predicted octanol–water partition coefficient (Wildman–Crippen LogP) is 5.93.